The summed E-state index contributed by atoms with van der Waals surface area (Å²) in [5.74, 6) is -3.67. The smallest absolute Gasteiger partial charge is 0.426 e. The van der Waals surface area contributed by atoms with E-state index in [-0.39, 0.29) is 18.5 Å². The van der Waals surface area contributed by atoms with E-state index in [1.807, 2.05) is 0 Å². The van der Waals surface area contributed by atoms with Crippen molar-refractivity contribution in [3.63, 3.8) is 0 Å². The topological polar surface area (TPSA) is 119 Å². The molecule has 0 saturated carbocycles. The Bertz CT molecular complexity index is 1090. The molecule has 0 aromatic heterocycles. The van der Waals surface area contributed by atoms with Crippen LogP contribution in [0.4, 0.5) is 13.6 Å². The summed E-state index contributed by atoms with van der Waals surface area (Å²) in [6, 6.07) is 7.05. The zero-order valence-electron chi connectivity index (χ0n) is 17.8. The lowest BCUT2D eigenvalue weighted by Crippen LogP contribution is -2.51. The number of halogens is 2. The van der Waals surface area contributed by atoms with Crippen LogP contribution in [-0.2, 0) is 27.3 Å². The summed E-state index contributed by atoms with van der Waals surface area (Å²) in [4.78, 5) is 49.5. The third kappa shape index (κ3) is 5.43. The summed E-state index contributed by atoms with van der Waals surface area (Å²) in [5.41, 5.74) is 1.06. The summed E-state index contributed by atoms with van der Waals surface area (Å²) in [6.07, 6.45) is -1.68. The predicted octanol–water partition coefficient (Wildman–Crippen LogP) is 1.74. The van der Waals surface area contributed by atoms with E-state index in [0.717, 1.165) is 22.2 Å². The van der Waals surface area contributed by atoms with Gasteiger partial charge in [0.2, 0.25) is 11.8 Å². The van der Waals surface area contributed by atoms with Crippen LogP contribution in [-0.4, -0.2) is 52.0 Å². The molecule has 0 aliphatic carbocycles. The molecule has 1 heterocycles. The maximum atomic E-state index is 13.3. The van der Waals surface area contributed by atoms with Crippen molar-refractivity contribution in [2.45, 2.75) is 32.0 Å². The van der Waals surface area contributed by atoms with Crippen molar-refractivity contribution in [3.8, 4) is 0 Å². The fourth-order valence-corrected chi connectivity index (χ4v) is 3.53. The number of carbonyl (C=O) groups excluding carboxylic acids is 3. The van der Waals surface area contributed by atoms with Crippen LogP contribution in [0.2, 0.25) is 0 Å². The SMILES string of the molecule is C[C@H](NC(=O)Cc1cc(F)cc(F)c1)C(=O)N[C@@H]1C(=O)N(C)N(C(=O)O)Cc2ccccc21. The van der Waals surface area contributed by atoms with E-state index in [1.54, 1.807) is 24.3 Å². The molecule has 3 N–H and O–H groups in total. The molecular weight excluding hydrogens is 438 g/mol. The molecule has 0 fully saturated rings. The first-order chi connectivity index (χ1) is 15.6. The first kappa shape index (κ1) is 23.6. The van der Waals surface area contributed by atoms with Gasteiger partial charge < -0.3 is 15.7 Å². The van der Waals surface area contributed by atoms with Crippen LogP contribution in [0.3, 0.4) is 0 Å². The number of hydrogen-bond acceptors (Lipinski definition) is 4. The molecule has 174 valence electrons. The van der Waals surface area contributed by atoms with E-state index in [1.165, 1.54) is 14.0 Å². The number of hydrogen-bond donors (Lipinski definition) is 3. The number of likely N-dealkylation sites (N-methyl/N-ethyl adjacent to an activating group) is 1. The van der Waals surface area contributed by atoms with E-state index >= 15 is 0 Å². The first-order valence-corrected chi connectivity index (χ1v) is 9.97. The van der Waals surface area contributed by atoms with Crippen LogP contribution in [0.1, 0.15) is 29.7 Å². The molecule has 4 amide bonds. The second kappa shape index (κ2) is 9.63. The van der Waals surface area contributed by atoms with Crippen molar-refractivity contribution < 1.29 is 33.1 Å². The minimum atomic E-state index is -1.33. The molecule has 3 rings (SSSR count). The van der Waals surface area contributed by atoms with Crippen molar-refractivity contribution in [2.24, 2.45) is 0 Å². The standard InChI is InChI=1S/C22H22F2N4O5/c1-12(25-18(29)9-13-7-15(23)10-16(24)8-13)20(30)26-19-17-6-4-3-5-14(17)11-28(22(32)33)27(2)21(19)31/h3-8,10,12,19H,9,11H2,1-2H3,(H,25,29)(H,26,30)(H,32,33)/t12-,19-/m0/s1. The number of benzene rings is 2. The fraction of sp³-hybridized carbons (Fsp3) is 0.273. The second-order valence-electron chi connectivity index (χ2n) is 7.59. The lowest BCUT2D eigenvalue weighted by molar-refractivity contribution is -0.146. The van der Waals surface area contributed by atoms with Gasteiger partial charge in [-0.1, -0.05) is 24.3 Å². The highest BCUT2D eigenvalue weighted by molar-refractivity contribution is 5.93. The number of fused-ring (bicyclic) bond motifs is 1. The number of hydrazine groups is 1. The molecule has 33 heavy (non-hydrogen) atoms. The van der Waals surface area contributed by atoms with Gasteiger partial charge in [0.1, 0.15) is 23.7 Å². The number of carbonyl (C=O) groups is 4. The Labute approximate surface area is 187 Å². The molecule has 1 aliphatic heterocycles. The van der Waals surface area contributed by atoms with E-state index in [2.05, 4.69) is 10.6 Å². The lowest BCUT2D eigenvalue weighted by atomic mass is 9.99. The Hall–Kier alpha value is -4.02. The quantitative estimate of drug-likeness (QED) is 0.628. The average molecular weight is 460 g/mol. The maximum absolute atomic E-state index is 13.3. The Morgan fingerprint density at radius 1 is 1.15 bits per heavy atom. The van der Waals surface area contributed by atoms with E-state index < -0.39 is 47.5 Å². The van der Waals surface area contributed by atoms with Gasteiger partial charge in [0.15, 0.2) is 0 Å². The summed E-state index contributed by atoms with van der Waals surface area (Å²) in [6.45, 7) is 1.30. The molecule has 0 spiro atoms. The third-order valence-corrected chi connectivity index (χ3v) is 5.18. The van der Waals surface area contributed by atoms with Crippen LogP contribution in [0.25, 0.3) is 0 Å². The molecule has 2 atom stereocenters. The molecule has 2 aromatic rings. The minimum absolute atomic E-state index is 0.0867. The van der Waals surface area contributed by atoms with Crippen LogP contribution >= 0.6 is 0 Å². The van der Waals surface area contributed by atoms with Gasteiger partial charge in [-0.05, 0) is 35.7 Å². The van der Waals surface area contributed by atoms with Gasteiger partial charge in [0, 0.05) is 13.1 Å². The number of amides is 4. The van der Waals surface area contributed by atoms with Crippen LogP contribution in [0, 0.1) is 11.6 Å². The third-order valence-electron chi connectivity index (χ3n) is 5.18. The summed E-state index contributed by atoms with van der Waals surface area (Å²) >= 11 is 0. The molecule has 0 radical (unpaired) electrons. The number of carboxylic acid groups (broad SMARTS) is 1. The van der Waals surface area contributed by atoms with Gasteiger partial charge in [-0.3, -0.25) is 14.4 Å². The largest absolute Gasteiger partial charge is 0.464 e. The van der Waals surface area contributed by atoms with Gasteiger partial charge in [0.25, 0.3) is 5.91 Å². The minimum Gasteiger partial charge on any atom is -0.464 e. The second-order valence-corrected chi connectivity index (χ2v) is 7.59. The molecule has 0 unspecified atom stereocenters. The number of nitrogens with one attached hydrogen (secondary N) is 2. The predicted molar refractivity (Wildman–Crippen MR) is 111 cm³/mol. The molecule has 9 nitrogen and oxygen atoms in total. The van der Waals surface area contributed by atoms with E-state index in [9.17, 15) is 33.1 Å². The fourth-order valence-electron chi connectivity index (χ4n) is 3.53. The highest BCUT2D eigenvalue weighted by Gasteiger charge is 2.36. The normalized spacial score (nSPS) is 16.5. The Kier molecular flexibility index (Phi) is 6.90. The molecular formula is C22H22F2N4O5. The van der Waals surface area contributed by atoms with E-state index in [4.69, 9.17) is 0 Å². The van der Waals surface area contributed by atoms with Crippen LogP contribution in [0.15, 0.2) is 42.5 Å². The Morgan fingerprint density at radius 2 is 1.79 bits per heavy atom. The molecule has 0 bridgehead atoms. The van der Waals surface area contributed by atoms with Crippen LogP contribution in [0.5, 0.6) is 0 Å². The monoisotopic (exact) mass is 460 g/mol. The maximum Gasteiger partial charge on any atom is 0.426 e. The number of rotatable bonds is 5. The molecule has 1 aliphatic rings. The lowest BCUT2D eigenvalue weighted by Gasteiger charge is -2.29. The molecule has 2 aromatic carbocycles. The summed E-state index contributed by atoms with van der Waals surface area (Å²) in [7, 11) is 1.28. The zero-order chi connectivity index (χ0) is 24.3. The Balaban J connectivity index is 1.73. The van der Waals surface area contributed by atoms with Crippen molar-refractivity contribution in [3.05, 3.63) is 70.8 Å². The number of nitrogens with zero attached hydrogens (tertiary/aromatic N) is 2. The van der Waals surface area contributed by atoms with Gasteiger partial charge in [-0.25, -0.2) is 23.6 Å². The summed E-state index contributed by atoms with van der Waals surface area (Å²) in [5, 5.41) is 16.2. The highest BCUT2D eigenvalue weighted by atomic mass is 19.1. The van der Waals surface area contributed by atoms with Crippen molar-refractivity contribution in [2.75, 3.05) is 7.05 Å². The first-order valence-electron chi connectivity index (χ1n) is 9.97. The van der Waals surface area contributed by atoms with Gasteiger partial charge in [-0.15, -0.1) is 0 Å². The molecule has 0 saturated heterocycles. The Morgan fingerprint density at radius 3 is 2.42 bits per heavy atom. The van der Waals surface area contributed by atoms with E-state index in [0.29, 0.717) is 17.2 Å². The average Bonchev–Trinajstić information content (AvgIpc) is 2.83. The van der Waals surface area contributed by atoms with Crippen molar-refractivity contribution in [1.29, 1.82) is 0 Å². The van der Waals surface area contributed by atoms with Gasteiger partial charge in [-0.2, -0.15) is 0 Å². The summed E-state index contributed by atoms with van der Waals surface area (Å²) < 4.78 is 26.6. The highest BCUT2D eigenvalue weighted by Crippen LogP contribution is 2.26. The van der Waals surface area contributed by atoms with Gasteiger partial charge >= 0.3 is 6.09 Å². The molecule has 11 heteroatoms. The van der Waals surface area contributed by atoms with Crippen LogP contribution < -0.4 is 10.6 Å². The van der Waals surface area contributed by atoms with Crippen molar-refractivity contribution in [1.82, 2.24) is 20.7 Å². The zero-order valence-corrected chi connectivity index (χ0v) is 17.8. The van der Waals surface area contributed by atoms with Gasteiger partial charge in [0.05, 0.1) is 13.0 Å². The van der Waals surface area contributed by atoms with Crippen molar-refractivity contribution >= 4 is 23.8 Å².